The maximum Gasteiger partial charge on any atom is 0.303 e. The number of sulfonamides is 1. The van der Waals surface area contributed by atoms with Crippen molar-refractivity contribution in [2.24, 2.45) is 5.92 Å². The number of carboxylic acids is 1. The second-order valence-electron chi connectivity index (χ2n) is 3.60. The first-order valence-electron chi connectivity index (χ1n) is 4.76. The summed E-state index contributed by atoms with van der Waals surface area (Å²) < 4.78 is 25.6. The van der Waals surface area contributed by atoms with Gasteiger partial charge in [-0.2, -0.15) is 0 Å². The zero-order valence-electron chi connectivity index (χ0n) is 8.80. The van der Waals surface area contributed by atoms with Gasteiger partial charge in [-0.25, -0.2) is 13.1 Å². The highest BCUT2D eigenvalue weighted by Crippen LogP contribution is 2.07. The van der Waals surface area contributed by atoms with E-state index in [9.17, 15) is 13.2 Å². The summed E-state index contributed by atoms with van der Waals surface area (Å²) in [5.74, 6) is -1.18. The predicted octanol–water partition coefficient (Wildman–Crippen LogP) is 0.404. The first-order valence-corrected chi connectivity index (χ1v) is 6.24. The van der Waals surface area contributed by atoms with Crippen LogP contribution in [0.3, 0.4) is 0 Å². The molecule has 0 fully saturated rings. The van der Waals surface area contributed by atoms with Gasteiger partial charge in [0.25, 0.3) is 0 Å². The highest BCUT2D eigenvalue weighted by molar-refractivity contribution is 7.89. The third kappa shape index (κ3) is 3.67. The average Bonchev–Trinajstić information content (AvgIpc) is 2.67. The summed E-state index contributed by atoms with van der Waals surface area (Å²) in [6.45, 7) is 1.79. The average molecular weight is 246 g/mol. The third-order valence-corrected chi connectivity index (χ3v) is 3.45. The van der Waals surface area contributed by atoms with Crippen LogP contribution in [0.25, 0.3) is 0 Å². The molecule has 1 heterocycles. The van der Waals surface area contributed by atoms with Crippen LogP contribution in [0.1, 0.15) is 13.3 Å². The number of nitrogens with one attached hydrogen (secondary N) is 2. The summed E-state index contributed by atoms with van der Waals surface area (Å²) in [4.78, 5) is 13.2. The van der Waals surface area contributed by atoms with Gasteiger partial charge in [0, 0.05) is 25.4 Å². The molecule has 90 valence electrons. The molecule has 0 radical (unpaired) electrons. The maximum absolute atomic E-state index is 11.6. The molecule has 0 aliphatic rings. The van der Waals surface area contributed by atoms with Gasteiger partial charge in [-0.3, -0.25) is 4.79 Å². The van der Waals surface area contributed by atoms with Gasteiger partial charge in [0.1, 0.15) is 0 Å². The molecule has 7 heteroatoms. The van der Waals surface area contributed by atoms with E-state index in [0.29, 0.717) is 0 Å². The minimum absolute atomic E-state index is 0.0599. The van der Waals surface area contributed by atoms with Crippen molar-refractivity contribution in [2.75, 3.05) is 6.54 Å². The highest BCUT2D eigenvalue weighted by Gasteiger charge is 2.16. The summed E-state index contributed by atoms with van der Waals surface area (Å²) in [5, 5.41) is 8.52. The number of aromatic nitrogens is 1. The standard InChI is InChI=1S/C9H14N2O4S/c1-7(4-9(12)13)5-11-16(14,15)8-2-3-10-6-8/h2-3,6-7,10-11H,4-5H2,1H3,(H,12,13). The van der Waals surface area contributed by atoms with Gasteiger partial charge in [0.2, 0.25) is 10.0 Å². The molecule has 1 rings (SSSR count). The molecule has 0 saturated carbocycles. The fourth-order valence-electron chi connectivity index (χ4n) is 1.18. The van der Waals surface area contributed by atoms with Crippen LogP contribution in [0.4, 0.5) is 0 Å². The quantitative estimate of drug-likeness (QED) is 0.676. The fraction of sp³-hybridized carbons (Fsp3) is 0.444. The second-order valence-corrected chi connectivity index (χ2v) is 5.37. The van der Waals surface area contributed by atoms with Crippen molar-refractivity contribution in [2.45, 2.75) is 18.2 Å². The minimum Gasteiger partial charge on any atom is -0.481 e. The van der Waals surface area contributed by atoms with Crippen LogP contribution < -0.4 is 4.72 Å². The maximum atomic E-state index is 11.6. The Morgan fingerprint density at radius 2 is 2.31 bits per heavy atom. The lowest BCUT2D eigenvalue weighted by Gasteiger charge is -2.09. The number of hydrogen-bond donors (Lipinski definition) is 3. The van der Waals surface area contributed by atoms with Gasteiger partial charge in [-0.1, -0.05) is 6.92 Å². The molecule has 3 N–H and O–H groups in total. The molecular formula is C9H14N2O4S. The number of rotatable bonds is 6. The Morgan fingerprint density at radius 1 is 1.62 bits per heavy atom. The van der Waals surface area contributed by atoms with Crippen LogP contribution in [0.15, 0.2) is 23.4 Å². The minimum atomic E-state index is -3.52. The molecule has 6 nitrogen and oxygen atoms in total. The predicted molar refractivity (Wildman–Crippen MR) is 57.4 cm³/mol. The van der Waals surface area contributed by atoms with E-state index in [2.05, 4.69) is 9.71 Å². The summed E-state index contributed by atoms with van der Waals surface area (Å²) in [5.41, 5.74) is 0. The van der Waals surface area contributed by atoms with E-state index < -0.39 is 16.0 Å². The molecule has 1 aromatic heterocycles. The third-order valence-electron chi connectivity index (χ3n) is 2.02. The van der Waals surface area contributed by atoms with Crippen LogP contribution in [-0.2, 0) is 14.8 Å². The molecule has 0 aromatic carbocycles. The molecule has 0 bridgehead atoms. The van der Waals surface area contributed by atoms with Crippen LogP contribution in [0.2, 0.25) is 0 Å². The van der Waals surface area contributed by atoms with Crippen molar-refractivity contribution in [3.8, 4) is 0 Å². The van der Waals surface area contributed by atoms with Crippen molar-refractivity contribution < 1.29 is 18.3 Å². The SMILES string of the molecule is CC(CNS(=O)(=O)c1cc[nH]c1)CC(=O)O. The lowest BCUT2D eigenvalue weighted by Crippen LogP contribution is -2.29. The van der Waals surface area contributed by atoms with E-state index in [1.165, 1.54) is 18.5 Å². The van der Waals surface area contributed by atoms with Gasteiger partial charge in [-0.05, 0) is 12.0 Å². The molecule has 0 aliphatic heterocycles. The van der Waals surface area contributed by atoms with Crippen LogP contribution >= 0.6 is 0 Å². The molecule has 0 amide bonds. The van der Waals surface area contributed by atoms with E-state index >= 15 is 0 Å². The summed E-state index contributed by atoms with van der Waals surface area (Å²) >= 11 is 0. The number of hydrogen-bond acceptors (Lipinski definition) is 3. The zero-order chi connectivity index (χ0) is 12.2. The number of aliphatic carboxylic acids is 1. The highest BCUT2D eigenvalue weighted by atomic mass is 32.2. The van der Waals surface area contributed by atoms with Gasteiger partial charge in [-0.15, -0.1) is 0 Å². The number of carboxylic acid groups (broad SMARTS) is 1. The van der Waals surface area contributed by atoms with E-state index in [1.54, 1.807) is 6.92 Å². The Balaban J connectivity index is 2.52. The van der Waals surface area contributed by atoms with E-state index in [1.807, 2.05) is 0 Å². The van der Waals surface area contributed by atoms with Crippen LogP contribution in [-0.4, -0.2) is 31.0 Å². The molecule has 0 spiro atoms. The summed E-state index contributed by atoms with van der Waals surface area (Å²) in [6, 6.07) is 1.43. The first-order chi connectivity index (χ1) is 7.42. The second kappa shape index (κ2) is 5.13. The summed E-state index contributed by atoms with van der Waals surface area (Å²) in [7, 11) is -3.52. The smallest absolute Gasteiger partial charge is 0.303 e. The topological polar surface area (TPSA) is 99.3 Å². The lowest BCUT2D eigenvalue weighted by atomic mass is 10.1. The molecule has 0 aliphatic carbocycles. The monoisotopic (exact) mass is 246 g/mol. The molecule has 1 atom stereocenters. The van der Waals surface area contributed by atoms with Gasteiger partial charge < -0.3 is 10.1 Å². The molecule has 1 aromatic rings. The number of aromatic amines is 1. The van der Waals surface area contributed by atoms with Crippen molar-refractivity contribution in [1.29, 1.82) is 0 Å². The number of H-pyrrole nitrogens is 1. The van der Waals surface area contributed by atoms with E-state index in [-0.39, 0.29) is 23.8 Å². The van der Waals surface area contributed by atoms with Crippen molar-refractivity contribution >= 4 is 16.0 Å². The van der Waals surface area contributed by atoms with Gasteiger partial charge >= 0.3 is 5.97 Å². The Labute approximate surface area is 93.7 Å². The Kier molecular flexibility index (Phi) is 4.08. The largest absolute Gasteiger partial charge is 0.481 e. The van der Waals surface area contributed by atoms with Gasteiger partial charge in [0.05, 0.1) is 4.90 Å². The Bertz CT molecular complexity index is 438. The van der Waals surface area contributed by atoms with Crippen molar-refractivity contribution in [3.63, 3.8) is 0 Å². The van der Waals surface area contributed by atoms with Crippen molar-refractivity contribution in [3.05, 3.63) is 18.5 Å². The van der Waals surface area contributed by atoms with Gasteiger partial charge in [0.15, 0.2) is 0 Å². The normalized spacial score (nSPS) is 13.6. The van der Waals surface area contributed by atoms with E-state index in [4.69, 9.17) is 5.11 Å². The number of carbonyl (C=O) groups is 1. The van der Waals surface area contributed by atoms with E-state index in [0.717, 1.165) is 0 Å². The molecule has 16 heavy (non-hydrogen) atoms. The molecule has 0 saturated heterocycles. The van der Waals surface area contributed by atoms with Crippen LogP contribution in [0.5, 0.6) is 0 Å². The molecular weight excluding hydrogens is 232 g/mol. The Morgan fingerprint density at radius 3 is 2.81 bits per heavy atom. The first kappa shape index (κ1) is 12.7. The van der Waals surface area contributed by atoms with Crippen molar-refractivity contribution in [1.82, 2.24) is 9.71 Å². The fourth-order valence-corrected chi connectivity index (χ4v) is 2.32. The lowest BCUT2D eigenvalue weighted by molar-refractivity contribution is -0.137. The summed E-state index contributed by atoms with van der Waals surface area (Å²) in [6.07, 6.45) is 2.81. The van der Waals surface area contributed by atoms with Crippen LogP contribution in [0, 0.1) is 5.92 Å². The molecule has 1 unspecified atom stereocenters. The zero-order valence-corrected chi connectivity index (χ0v) is 9.62. The Hall–Kier alpha value is -1.34.